The highest BCUT2D eigenvalue weighted by Gasteiger charge is 2.57. The summed E-state index contributed by atoms with van der Waals surface area (Å²) in [6.45, 7) is 4.93. The van der Waals surface area contributed by atoms with E-state index in [9.17, 15) is 5.11 Å². The minimum atomic E-state index is -0.796. The quantitative estimate of drug-likeness (QED) is 0.228. The number of benzene rings is 2. The number of pyridine rings is 1. The molecule has 4 aromatic rings. The van der Waals surface area contributed by atoms with Crippen LogP contribution < -0.4 is 14.4 Å². The fraction of sp³-hybridized carbons (Fsp3) is 0.525. The van der Waals surface area contributed by atoms with Crippen molar-refractivity contribution in [1.29, 1.82) is 0 Å². The molecule has 3 aliphatic heterocycles. The Bertz CT molecular complexity index is 2110. The number of fused-ring (bicyclic) bond motifs is 3. The van der Waals surface area contributed by atoms with Crippen LogP contribution in [0.15, 0.2) is 24.3 Å². The number of halogens is 2. The van der Waals surface area contributed by atoms with Crippen molar-refractivity contribution in [1.82, 2.24) is 19.9 Å². The topological polar surface area (TPSA) is 112 Å². The molecule has 9 rings (SSSR count). The Hall–Kier alpha value is -4.35. The van der Waals surface area contributed by atoms with Gasteiger partial charge in [-0.2, -0.15) is 9.97 Å². The third-order valence-corrected chi connectivity index (χ3v) is 12.1. The lowest BCUT2D eigenvalue weighted by atomic mass is 9.72. The van der Waals surface area contributed by atoms with Gasteiger partial charge in [0.15, 0.2) is 11.6 Å². The van der Waals surface area contributed by atoms with Crippen molar-refractivity contribution in [2.24, 2.45) is 5.41 Å². The molecule has 2 saturated carbocycles. The fourth-order valence-electron chi connectivity index (χ4n) is 9.64. The lowest BCUT2D eigenvalue weighted by Gasteiger charge is -2.55. The third kappa shape index (κ3) is 5.82. The first-order valence-electron chi connectivity index (χ1n) is 18.7. The van der Waals surface area contributed by atoms with Crippen LogP contribution in [0.4, 0.5) is 14.6 Å². The average Bonchev–Trinajstić information content (AvgIpc) is 3.74. The highest BCUT2D eigenvalue weighted by Crippen LogP contribution is 2.53. The summed E-state index contributed by atoms with van der Waals surface area (Å²) >= 11 is 0. The van der Waals surface area contributed by atoms with Gasteiger partial charge in [0.2, 0.25) is 5.88 Å². The van der Waals surface area contributed by atoms with Crippen LogP contribution in [0.25, 0.3) is 32.9 Å². The Labute approximate surface area is 306 Å². The molecular formula is C40H43F2N5O6. The number of nitrogens with zero attached hydrogens (tertiary/aromatic N) is 5. The number of ether oxygens (including phenoxy) is 5. The van der Waals surface area contributed by atoms with Crippen LogP contribution in [-0.2, 0) is 14.2 Å². The van der Waals surface area contributed by atoms with E-state index in [1.807, 2.05) is 4.90 Å². The van der Waals surface area contributed by atoms with Crippen molar-refractivity contribution >= 4 is 27.5 Å². The van der Waals surface area contributed by atoms with Gasteiger partial charge in [0.25, 0.3) is 0 Å². The van der Waals surface area contributed by atoms with Gasteiger partial charge in [-0.25, -0.2) is 13.8 Å². The Balaban J connectivity index is 1.13. The number of piperidine rings is 1. The molecule has 0 radical (unpaired) electrons. The fourth-order valence-corrected chi connectivity index (χ4v) is 9.64. The van der Waals surface area contributed by atoms with Crippen LogP contribution in [0.5, 0.6) is 17.6 Å². The number of phenols is 1. The lowest BCUT2D eigenvalue weighted by Crippen LogP contribution is -2.63. The molecule has 5 aliphatic rings. The number of hydrogen-bond donors (Lipinski definition) is 1. The monoisotopic (exact) mass is 727 g/mol. The zero-order chi connectivity index (χ0) is 36.3. The molecule has 13 heteroatoms. The van der Waals surface area contributed by atoms with E-state index in [2.05, 4.69) is 15.8 Å². The summed E-state index contributed by atoms with van der Waals surface area (Å²) < 4.78 is 62.4. The number of hydrogen-bond acceptors (Lipinski definition) is 11. The maximum Gasteiger partial charge on any atom is 0.319 e. The first-order valence-corrected chi connectivity index (χ1v) is 18.7. The van der Waals surface area contributed by atoms with E-state index >= 15 is 8.78 Å². The third-order valence-electron chi connectivity index (χ3n) is 12.1. The van der Waals surface area contributed by atoms with Gasteiger partial charge in [0.05, 0.1) is 39.1 Å². The molecule has 0 unspecified atom stereocenters. The maximum atomic E-state index is 17.2. The molecule has 2 aromatic heterocycles. The van der Waals surface area contributed by atoms with Crippen LogP contribution in [0.1, 0.15) is 56.9 Å². The molecule has 2 aromatic carbocycles. The predicted octanol–water partition coefficient (Wildman–Crippen LogP) is 5.96. The van der Waals surface area contributed by atoms with Gasteiger partial charge >= 0.3 is 6.01 Å². The molecule has 2 aliphatic carbocycles. The molecule has 1 N–H and O–H groups in total. The van der Waals surface area contributed by atoms with E-state index < -0.39 is 17.4 Å². The molecule has 5 fully saturated rings. The van der Waals surface area contributed by atoms with Crippen LogP contribution in [0.3, 0.4) is 0 Å². The molecule has 3 saturated heterocycles. The Kier molecular flexibility index (Phi) is 8.77. The van der Waals surface area contributed by atoms with Crippen LogP contribution in [-0.4, -0.2) is 103 Å². The second kappa shape index (κ2) is 13.5. The molecule has 53 heavy (non-hydrogen) atoms. The lowest BCUT2D eigenvalue weighted by molar-refractivity contribution is -0.242. The van der Waals surface area contributed by atoms with Gasteiger partial charge in [0, 0.05) is 61.0 Å². The number of terminal acetylenes is 1. The Morgan fingerprint density at radius 2 is 1.81 bits per heavy atom. The standard InChI is InChI=1S/C40H43F2N5O6/c1-3-27-29(41)9-8-24-19-26(48)20-28(31(24)27)34-33(42)35-32(37(43-34)49-2)36(46-12-6-15-50-16-14-46)45-38(44-35)51-23-39-10-4-7-30(39)47(13-5-11-39)25-21-40(22-25)52-17-18-53-40/h1,8-9,19-20,25,30,48H,4-7,10-18,21-23H2,2H3/t30-,39-/m1/s1. The Morgan fingerprint density at radius 1 is 0.981 bits per heavy atom. The highest BCUT2D eigenvalue weighted by atomic mass is 19.1. The van der Waals surface area contributed by atoms with Gasteiger partial charge in [-0.1, -0.05) is 18.4 Å². The van der Waals surface area contributed by atoms with Crippen molar-refractivity contribution in [3.8, 4) is 41.2 Å². The molecule has 2 atom stereocenters. The normalized spacial score (nSPS) is 24.6. The summed E-state index contributed by atoms with van der Waals surface area (Å²) in [5.41, 5.74) is -0.310. The number of methoxy groups -OCH3 is 1. The number of likely N-dealkylation sites (tertiary alicyclic amines) is 1. The van der Waals surface area contributed by atoms with Gasteiger partial charge < -0.3 is 33.7 Å². The molecule has 11 nitrogen and oxygen atoms in total. The van der Waals surface area contributed by atoms with E-state index in [-0.39, 0.29) is 56.2 Å². The zero-order valence-corrected chi connectivity index (χ0v) is 29.8. The average molecular weight is 728 g/mol. The summed E-state index contributed by atoms with van der Waals surface area (Å²) in [6, 6.07) is 6.30. The molecule has 1 spiro atoms. The van der Waals surface area contributed by atoms with E-state index in [1.54, 1.807) is 0 Å². The highest BCUT2D eigenvalue weighted by molar-refractivity contribution is 6.04. The van der Waals surface area contributed by atoms with E-state index in [1.165, 1.54) is 31.4 Å². The van der Waals surface area contributed by atoms with Gasteiger partial charge in [-0.15, -0.1) is 6.42 Å². The number of phenolic OH excluding ortho intramolecular Hbond substituents is 1. The van der Waals surface area contributed by atoms with Gasteiger partial charge in [0.1, 0.15) is 34.0 Å². The van der Waals surface area contributed by atoms with Crippen LogP contribution >= 0.6 is 0 Å². The zero-order valence-electron chi connectivity index (χ0n) is 29.8. The molecule has 5 heterocycles. The van der Waals surface area contributed by atoms with Crippen LogP contribution in [0.2, 0.25) is 0 Å². The minimum absolute atomic E-state index is 0.0550. The summed E-state index contributed by atoms with van der Waals surface area (Å²) in [5.74, 6) is 0.893. The summed E-state index contributed by atoms with van der Waals surface area (Å²) in [4.78, 5) is 19.0. The molecule has 0 bridgehead atoms. The van der Waals surface area contributed by atoms with Crippen molar-refractivity contribution in [2.75, 3.05) is 64.7 Å². The molecule has 278 valence electrons. The van der Waals surface area contributed by atoms with Crippen molar-refractivity contribution in [2.45, 2.75) is 69.2 Å². The SMILES string of the molecule is C#Cc1c(F)ccc2cc(O)cc(-c3nc(OC)c4c(N5CCCOCC5)nc(OC[C@]56CCC[C@H]5N(C5CC7(C5)OCCO7)CCC6)nc4c3F)c12. The van der Waals surface area contributed by atoms with Crippen molar-refractivity contribution in [3.63, 3.8) is 0 Å². The van der Waals surface area contributed by atoms with E-state index in [0.717, 1.165) is 57.9 Å². The first-order chi connectivity index (χ1) is 25.8. The predicted molar refractivity (Wildman–Crippen MR) is 193 cm³/mol. The van der Waals surface area contributed by atoms with Crippen LogP contribution in [0, 0.1) is 29.4 Å². The summed E-state index contributed by atoms with van der Waals surface area (Å²) in [5, 5.41) is 11.7. The second-order valence-corrected chi connectivity index (χ2v) is 15.0. The van der Waals surface area contributed by atoms with E-state index in [4.69, 9.17) is 40.1 Å². The molecular weight excluding hydrogens is 684 g/mol. The molecule has 0 amide bonds. The van der Waals surface area contributed by atoms with Crippen molar-refractivity contribution < 1.29 is 37.6 Å². The summed E-state index contributed by atoms with van der Waals surface area (Å²) in [6.07, 6.45) is 13.6. The smallest absolute Gasteiger partial charge is 0.319 e. The number of rotatable bonds is 7. The van der Waals surface area contributed by atoms with Gasteiger partial charge in [-0.3, -0.25) is 4.90 Å². The first kappa shape index (κ1) is 34.4. The minimum Gasteiger partial charge on any atom is -0.508 e. The second-order valence-electron chi connectivity index (χ2n) is 15.0. The Morgan fingerprint density at radius 3 is 2.62 bits per heavy atom. The van der Waals surface area contributed by atoms with Crippen molar-refractivity contribution in [3.05, 3.63) is 41.5 Å². The number of aromatic hydroxyl groups is 1. The maximum absolute atomic E-state index is 17.2. The van der Waals surface area contributed by atoms with E-state index in [0.29, 0.717) is 69.4 Å². The van der Waals surface area contributed by atoms with Gasteiger partial charge in [-0.05, 0) is 62.2 Å². The summed E-state index contributed by atoms with van der Waals surface area (Å²) in [7, 11) is 1.44. The largest absolute Gasteiger partial charge is 0.508 e. The number of anilines is 1. The number of aromatic nitrogens is 3.